The maximum absolute atomic E-state index is 12.6. The van der Waals surface area contributed by atoms with E-state index in [0.29, 0.717) is 12.3 Å². The average molecular weight is 283 g/mol. The molecule has 1 amide bonds. The van der Waals surface area contributed by atoms with Gasteiger partial charge in [0.15, 0.2) is 0 Å². The Morgan fingerprint density at radius 2 is 1.95 bits per heavy atom. The smallest absolute Gasteiger partial charge is 0.272 e. The highest BCUT2D eigenvalue weighted by Crippen LogP contribution is 2.39. The molecule has 108 valence electrons. The van der Waals surface area contributed by atoms with Gasteiger partial charge in [0.05, 0.1) is 12.3 Å². The van der Waals surface area contributed by atoms with Gasteiger partial charge in [-0.25, -0.2) is 0 Å². The summed E-state index contributed by atoms with van der Waals surface area (Å²) in [5.74, 6) is 0.574. The molecule has 1 N–H and O–H groups in total. The van der Waals surface area contributed by atoms with Crippen LogP contribution in [0.15, 0.2) is 48.5 Å². The summed E-state index contributed by atoms with van der Waals surface area (Å²) in [6.07, 6.45) is -0.632. The van der Waals surface area contributed by atoms with Gasteiger partial charge < -0.3 is 14.7 Å². The first-order chi connectivity index (χ1) is 10.2. The van der Waals surface area contributed by atoms with E-state index in [1.807, 2.05) is 43.3 Å². The summed E-state index contributed by atoms with van der Waals surface area (Å²) in [5, 5.41) is 9.26. The summed E-state index contributed by atoms with van der Waals surface area (Å²) in [5.41, 5.74) is 2.36. The van der Waals surface area contributed by atoms with E-state index in [-0.39, 0.29) is 12.5 Å². The van der Waals surface area contributed by atoms with Crippen molar-refractivity contribution in [1.29, 1.82) is 0 Å². The number of amides is 1. The van der Waals surface area contributed by atoms with Crippen LogP contribution in [-0.2, 0) is 11.4 Å². The molecule has 1 aliphatic rings. The lowest BCUT2D eigenvalue weighted by molar-refractivity contribution is -0.126. The van der Waals surface area contributed by atoms with Crippen molar-refractivity contribution in [1.82, 2.24) is 0 Å². The van der Waals surface area contributed by atoms with Crippen LogP contribution in [0.2, 0.25) is 0 Å². The average Bonchev–Trinajstić information content (AvgIpc) is 2.54. The fourth-order valence-corrected chi connectivity index (χ4v) is 2.58. The van der Waals surface area contributed by atoms with Crippen LogP contribution < -0.4 is 9.64 Å². The predicted octanol–water partition coefficient (Wildman–Crippen LogP) is 2.67. The Labute approximate surface area is 123 Å². The molecule has 2 aromatic carbocycles. The number of fused-ring (bicyclic) bond motifs is 1. The molecule has 3 rings (SSSR count). The van der Waals surface area contributed by atoms with Gasteiger partial charge in [-0.05, 0) is 24.6 Å². The van der Waals surface area contributed by atoms with Gasteiger partial charge in [0.1, 0.15) is 5.75 Å². The van der Waals surface area contributed by atoms with E-state index in [1.165, 1.54) is 0 Å². The fraction of sp³-hybridized carbons (Fsp3) is 0.235. The molecular weight excluding hydrogens is 266 g/mol. The number of aliphatic hydroxyl groups is 1. The minimum absolute atomic E-state index is 0.0489. The number of likely N-dealkylation sites (N-methyl/N-ethyl adjacent to an activating group) is 1. The first kappa shape index (κ1) is 13.6. The molecule has 0 fully saturated rings. The topological polar surface area (TPSA) is 49.8 Å². The van der Waals surface area contributed by atoms with E-state index in [0.717, 1.165) is 16.8 Å². The lowest BCUT2D eigenvalue weighted by Crippen LogP contribution is -2.41. The van der Waals surface area contributed by atoms with Crippen molar-refractivity contribution in [3.8, 4) is 5.75 Å². The van der Waals surface area contributed by atoms with Gasteiger partial charge in [-0.1, -0.05) is 36.4 Å². The third-order valence-corrected chi connectivity index (χ3v) is 3.65. The zero-order valence-corrected chi connectivity index (χ0v) is 11.8. The van der Waals surface area contributed by atoms with Gasteiger partial charge in [-0.15, -0.1) is 0 Å². The van der Waals surface area contributed by atoms with Crippen LogP contribution in [-0.4, -0.2) is 17.6 Å². The molecule has 4 nitrogen and oxygen atoms in total. The molecule has 2 aromatic rings. The van der Waals surface area contributed by atoms with E-state index >= 15 is 0 Å². The Bertz CT molecular complexity index is 654. The van der Waals surface area contributed by atoms with E-state index < -0.39 is 6.10 Å². The first-order valence-corrected chi connectivity index (χ1v) is 7.01. The highest BCUT2D eigenvalue weighted by molar-refractivity contribution is 6.00. The summed E-state index contributed by atoms with van der Waals surface area (Å²) in [6, 6.07) is 14.9. The Morgan fingerprint density at radius 1 is 1.19 bits per heavy atom. The predicted molar refractivity (Wildman–Crippen MR) is 80.2 cm³/mol. The second-order valence-electron chi connectivity index (χ2n) is 4.95. The zero-order valence-electron chi connectivity index (χ0n) is 11.8. The maximum Gasteiger partial charge on any atom is 0.272 e. The Kier molecular flexibility index (Phi) is 3.62. The minimum Gasteiger partial charge on any atom is -0.474 e. The van der Waals surface area contributed by atoms with Gasteiger partial charge in [0.2, 0.25) is 6.10 Å². The number of hydrogen-bond donors (Lipinski definition) is 1. The summed E-state index contributed by atoms with van der Waals surface area (Å²) in [7, 11) is 0. The molecule has 1 heterocycles. The number of nitrogens with zero attached hydrogens (tertiary/aromatic N) is 1. The second kappa shape index (κ2) is 5.58. The molecule has 1 unspecified atom stereocenters. The van der Waals surface area contributed by atoms with Gasteiger partial charge >= 0.3 is 0 Å². The Morgan fingerprint density at radius 3 is 2.62 bits per heavy atom. The van der Waals surface area contributed by atoms with Crippen molar-refractivity contribution < 1.29 is 14.6 Å². The zero-order chi connectivity index (χ0) is 14.8. The van der Waals surface area contributed by atoms with Gasteiger partial charge in [0.25, 0.3) is 5.91 Å². The lowest BCUT2D eigenvalue weighted by atomic mass is 10.0. The van der Waals surface area contributed by atoms with Crippen LogP contribution in [0.5, 0.6) is 5.75 Å². The van der Waals surface area contributed by atoms with Crippen LogP contribution >= 0.6 is 0 Å². The number of aliphatic hydroxyl groups excluding tert-OH is 1. The van der Waals surface area contributed by atoms with E-state index in [2.05, 4.69) is 0 Å². The Balaban J connectivity index is 2.05. The highest BCUT2D eigenvalue weighted by atomic mass is 16.5. The summed E-state index contributed by atoms with van der Waals surface area (Å²) >= 11 is 0. The van der Waals surface area contributed by atoms with Crippen molar-refractivity contribution in [2.45, 2.75) is 19.6 Å². The van der Waals surface area contributed by atoms with Crippen LogP contribution in [0, 0.1) is 0 Å². The molecule has 4 heteroatoms. The normalized spacial score (nSPS) is 17.3. The van der Waals surface area contributed by atoms with E-state index in [9.17, 15) is 9.90 Å². The largest absolute Gasteiger partial charge is 0.474 e. The monoisotopic (exact) mass is 283 g/mol. The third kappa shape index (κ3) is 2.38. The van der Waals surface area contributed by atoms with Crippen LogP contribution in [0.3, 0.4) is 0 Å². The van der Waals surface area contributed by atoms with Crippen molar-refractivity contribution in [2.75, 3.05) is 11.4 Å². The number of carbonyl (C=O) groups is 1. The van der Waals surface area contributed by atoms with Gasteiger partial charge in [-0.3, -0.25) is 4.79 Å². The molecule has 0 aromatic heterocycles. The summed E-state index contributed by atoms with van der Waals surface area (Å²) in [4.78, 5) is 14.3. The molecule has 0 saturated heterocycles. The number of anilines is 1. The quantitative estimate of drug-likeness (QED) is 0.942. The van der Waals surface area contributed by atoms with Crippen molar-refractivity contribution in [3.63, 3.8) is 0 Å². The van der Waals surface area contributed by atoms with E-state index in [1.54, 1.807) is 17.0 Å². The number of carbonyl (C=O) groups excluding carboxylic acids is 1. The molecule has 1 aliphatic heterocycles. The minimum atomic E-state index is -0.632. The van der Waals surface area contributed by atoms with Crippen molar-refractivity contribution in [2.24, 2.45) is 0 Å². The molecular formula is C17H17NO3. The van der Waals surface area contributed by atoms with Crippen molar-refractivity contribution in [3.05, 3.63) is 59.7 Å². The molecule has 0 aliphatic carbocycles. The fourth-order valence-electron chi connectivity index (χ4n) is 2.58. The number of benzene rings is 2. The standard InChI is InChI=1S/C17H17NO3/c1-2-18-14-9-8-12(11-19)10-15(14)21-16(17(18)20)13-6-4-3-5-7-13/h3-10,16,19H,2,11H2,1H3. The van der Waals surface area contributed by atoms with Crippen LogP contribution in [0.4, 0.5) is 5.69 Å². The van der Waals surface area contributed by atoms with Gasteiger partial charge in [0, 0.05) is 12.1 Å². The third-order valence-electron chi connectivity index (χ3n) is 3.65. The van der Waals surface area contributed by atoms with Gasteiger partial charge in [-0.2, -0.15) is 0 Å². The molecule has 0 saturated carbocycles. The summed E-state index contributed by atoms with van der Waals surface area (Å²) < 4.78 is 5.90. The molecule has 21 heavy (non-hydrogen) atoms. The second-order valence-corrected chi connectivity index (χ2v) is 4.95. The maximum atomic E-state index is 12.6. The molecule has 0 spiro atoms. The SMILES string of the molecule is CCN1C(=O)C(c2ccccc2)Oc2cc(CO)ccc21. The highest BCUT2D eigenvalue weighted by Gasteiger charge is 2.34. The summed E-state index contributed by atoms with van der Waals surface area (Å²) in [6.45, 7) is 2.47. The Hall–Kier alpha value is -2.33. The van der Waals surface area contributed by atoms with Crippen LogP contribution in [0.1, 0.15) is 24.2 Å². The molecule has 0 radical (unpaired) electrons. The lowest BCUT2D eigenvalue weighted by Gasteiger charge is -2.34. The molecule has 1 atom stereocenters. The number of ether oxygens (including phenoxy) is 1. The first-order valence-electron chi connectivity index (χ1n) is 7.01. The molecule has 0 bridgehead atoms. The number of rotatable bonds is 3. The van der Waals surface area contributed by atoms with Crippen LogP contribution in [0.25, 0.3) is 0 Å². The van der Waals surface area contributed by atoms with E-state index in [4.69, 9.17) is 4.74 Å². The number of hydrogen-bond acceptors (Lipinski definition) is 3. The van der Waals surface area contributed by atoms with Crippen molar-refractivity contribution >= 4 is 11.6 Å².